The monoisotopic (exact) mass is 361 g/mol. The van der Waals surface area contributed by atoms with Gasteiger partial charge in [-0.15, -0.1) is 0 Å². The third-order valence-electron chi connectivity index (χ3n) is 4.30. The molecule has 0 unspecified atom stereocenters. The number of para-hydroxylation sites is 1. The molecule has 0 aliphatic rings. The molecule has 0 saturated heterocycles. The number of carboxylic acid groups (broad SMARTS) is 1. The largest absolute Gasteiger partial charge is 0.481 e. The van der Waals surface area contributed by atoms with Crippen LogP contribution >= 0.6 is 0 Å². The molecule has 0 atom stereocenters. The smallest absolute Gasteiger partial charge is 0.307 e. The fraction of sp³-hybridized carbons (Fsp3) is 0.0455. The first-order valence-electron chi connectivity index (χ1n) is 8.45. The van der Waals surface area contributed by atoms with Gasteiger partial charge in [0.1, 0.15) is 17.3 Å². The number of carboxylic acids is 1. The van der Waals surface area contributed by atoms with Crippen LogP contribution < -0.4 is 4.74 Å². The number of halogens is 1. The van der Waals surface area contributed by atoms with Crippen LogP contribution in [-0.2, 0) is 11.2 Å². The summed E-state index contributed by atoms with van der Waals surface area (Å²) in [5.74, 6) is -0.0390. The number of aromatic nitrogens is 1. The third-order valence-corrected chi connectivity index (χ3v) is 4.30. The molecule has 5 heteroatoms. The zero-order valence-electron chi connectivity index (χ0n) is 14.3. The van der Waals surface area contributed by atoms with E-state index in [-0.39, 0.29) is 6.42 Å². The molecule has 0 spiro atoms. The molecular weight excluding hydrogens is 345 g/mol. The molecule has 0 saturated carbocycles. The number of hydrogen-bond acceptors (Lipinski definition) is 2. The Morgan fingerprint density at radius 1 is 0.963 bits per heavy atom. The number of rotatable bonds is 5. The van der Waals surface area contributed by atoms with Gasteiger partial charge in [-0.2, -0.15) is 0 Å². The van der Waals surface area contributed by atoms with Gasteiger partial charge in [-0.25, -0.2) is 4.39 Å². The van der Waals surface area contributed by atoms with Crippen LogP contribution in [0, 0.1) is 5.82 Å². The van der Waals surface area contributed by atoms with E-state index in [1.54, 1.807) is 6.07 Å². The van der Waals surface area contributed by atoms with Crippen LogP contribution in [0.5, 0.6) is 11.5 Å². The molecule has 2 N–H and O–H groups in total. The SMILES string of the molecule is O=C(O)Cc1c(-c2cccc(Oc3ccccc3)c2)[nH]c2ccc(F)cc12. The van der Waals surface area contributed by atoms with Crippen molar-refractivity contribution in [2.45, 2.75) is 6.42 Å². The molecule has 0 bridgehead atoms. The van der Waals surface area contributed by atoms with Gasteiger partial charge in [0, 0.05) is 16.5 Å². The van der Waals surface area contributed by atoms with E-state index in [1.807, 2.05) is 54.6 Å². The fourth-order valence-corrected chi connectivity index (χ4v) is 3.14. The van der Waals surface area contributed by atoms with Crippen molar-refractivity contribution < 1.29 is 19.0 Å². The first kappa shape index (κ1) is 16.8. The summed E-state index contributed by atoms with van der Waals surface area (Å²) in [7, 11) is 0. The zero-order chi connectivity index (χ0) is 18.8. The summed E-state index contributed by atoms with van der Waals surface area (Å²) in [5, 5.41) is 9.87. The summed E-state index contributed by atoms with van der Waals surface area (Å²) < 4.78 is 19.6. The Bertz CT molecular complexity index is 1120. The van der Waals surface area contributed by atoms with Crippen molar-refractivity contribution in [3.8, 4) is 22.8 Å². The van der Waals surface area contributed by atoms with Crippen LogP contribution in [0.4, 0.5) is 4.39 Å². The van der Waals surface area contributed by atoms with E-state index in [0.717, 1.165) is 5.56 Å². The van der Waals surface area contributed by atoms with Gasteiger partial charge < -0.3 is 14.8 Å². The van der Waals surface area contributed by atoms with Crippen molar-refractivity contribution in [1.82, 2.24) is 4.98 Å². The molecule has 3 aromatic carbocycles. The maximum atomic E-state index is 13.7. The highest BCUT2D eigenvalue weighted by Gasteiger charge is 2.17. The Hall–Kier alpha value is -3.60. The zero-order valence-corrected chi connectivity index (χ0v) is 14.3. The average Bonchev–Trinajstić information content (AvgIpc) is 3.00. The highest BCUT2D eigenvalue weighted by atomic mass is 19.1. The quantitative estimate of drug-likeness (QED) is 0.501. The second-order valence-electron chi connectivity index (χ2n) is 6.18. The predicted molar refractivity (Wildman–Crippen MR) is 102 cm³/mol. The second kappa shape index (κ2) is 6.96. The molecule has 1 aromatic heterocycles. The van der Waals surface area contributed by atoms with Crippen LogP contribution in [-0.4, -0.2) is 16.1 Å². The summed E-state index contributed by atoms with van der Waals surface area (Å²) in [6.07, 6.45) is -0.206. The normalized spacial score (nSPS) is 10.9. The first-order chi connectivity index (χ1) is 13.1. The Morgan fingerprint density at radius 2 is 1.74 bits per heavy atom. The summed E-state index contributed by atoms with van der Waals surface area (Å²) >= 11 is 0. The number of fused-ring (bicyclic) bond motifs is 1. The Labute approximate surface area is 154 Å². The van der Waals surface area contributed by atoms with E-state index in [1.165, 1.54) is 12.1 Å². The van der Waals surface area contributed by atoms with Crippen molar-refractivity contribution >= 4 is 16.9 Å². The molecule has 1 heterocycles. The molecule has 4 aromatic rings. The van der Waals surface area contributed by atoms with Crippen molar-refractivity contribution in [3.05, 3.63) is 84.2 Å². The summed E-state index contributed by atoms with van der Waals surface area (Å²) in [6.45, 7) is 0. The molecule has 0 aliphatic heterocycles. The minimum atomic E-state index is -0.974. The van der Waals surface area contributed by atoms with Crippen molar-refractivity contribution in [1.29, 1.82) is 0 Å². The number of carbonyl (C=O) groups is 1. The topological polar surface area (TPSA) is 62.3 Å². The molecule has 0 aliphatic carbocycles. The van der Waals surface area contributed by atoms with E-state index in [2.05, 4.69) is 4.98 Å². The summed E-state index contributed by atoms with van der Waals surface area (Å²) in [6, 6.07) is 21.1. The van der Waals surface area contributed by atoms with Gasteiger partial charge in [0.2, 0.25) is 0 Å². The van der Waals surface area contributed by atoms with E-state index >= 15 is 0 Å². The molecule has 4 rings (SSSR count). The number of ether oxygens (including phenoxy) is 1. The Kier molecular flexibility index (Phi) is 4.34. The van der Waals surface area contributed by atoms with Crippen molar-refractivity contribution in [2.75, 3.05) is 0 Å². The van der Waals surface area contributed by atoms with Gasteiger partial charge in [0.05, 0.1) is 12.1 Å². The lowest BCUT2D eigenvalue weighted by Gasteiger charge is -2.08. The van der Waals surface area contributed by atoms with Crippen LogP contribution in [0.3, 0.4) is 0 Å². The van der Waals surface area contributed by atoms with Gasteiger partial charge in [0.25, 0.3) is 0 Å². The van der Waals surface area contributed by atoms with Gasteiger partial charge >= 0.3 is 5.97 Å². The second-order valence-corrected chi connectivity index (χ2v) is 6.18. The number of hydrogen-bond donors (Lipinski definition) is 2. The van der Waals surface area contributed by atoms with Crippen LogP contribution in [0.1, 0.15) is 5.56 Å². The number of benzene rings is 3. The lowest BCUT2D eigenvalue weighted by Crippen LogP contribution is -2.01. The number of H-pyrrole nitrogens is 1. The molecule has 0 fully saturated rings. The van der Waals surface area contributed by atoms with E-state index < -0.39 is 11.8 Å². The molecule has 0 radical (unpaired) electrons. The number of aromatic amines is 1. The molecule has 27 heavy (non-hydrogen) atoms. The Morgan fingerprint density at radius 3 is 2.52 bits per heavy atom. The van der Waals surface area contributed by atoms with Crippen LogP contribution in [0.15, 0.2) is 72.8 Å². The van der Waals surface area contributed by atoms with E-state index in [9.17, 15) is 14.3 Å². The predicted octanol–water partition coefficient (Wildman–Crippen LogP) is 5.39. The van der Waals surface area contributed by atoms with Crippen LogP contribution in [0.25, 0.3) is 22.2 Å². The lowest BCUT2D eigenvalue weighted by molar-refractivity contribution is -0.136. The maximum Gasteiger partial charge on any atom is 0.307 e. The lowest BCUT2D eigenvalue weighted by atomic mass is 10.0. The molecular formula is C22H16FNO3. The van der Waals surface area contributed by atoms with Gasteiger partial charge in [-0.1, -0.05) is 30.3 Å². The van der Waals surface area contributed by atoms with Gasteiger partial charge in [-0.3, -0.25) is 4.79 Å². The number of aliphatic carboxylic acids is 1. The first-order valence-corrected chi connectivity index (χ1v) is 8.45. The highest BCUT2D eigenvalue weighted by Crippen LogP contribution is 2.33. The highest BCUT2D eigenvalue weighted by molar-refractivity contribution is 5.94. The minimum absolute atomic E-state index is 0.206. The van der Waals surface area contributed by atoms with Crippen molar-refractivity contribution in [2.24, 2.45) is 0 Å². The fourth-order valence-electron chi connectivity index (χ4n) is 3.14. The van der Waals surface area contributed by atoms with E-state index in [4.69, 9.17) is 4.74 Å². The number of nitrogens with one attached hydrogen (secondary N) is 1. The summed E-state index contributed by atoms with van der Waals surface area (Å²) in [5.41, 5.74) is 2.67. The van der Waals surface area contributed by atoms with Gasteiger partial charge in [-0.05, 0) is 48.0 Å². The molecule has 134 valence electrons. The third kappa shape index (κ3) is 3.53. The molecule has 0 amide bonds. The molecule has 4 nitrogen and oxygen atoms in total. The standard InChI is InChI=1S/C22H16FNO3/c23-15-9-10-20-18(12-15)19(13-21(25)26)22(24-20)14-5-4-8-17(11-14)27-16-6-2-1-3-7-16/h1-12,24H,13H2,(H,25,26). The van der Waals surface area contributed by atoms with Crippen LogP contribution in [0.2, 0.25) is 0 Å². The summed E-state index contributed by atoms with van der Waals surface area (Å²) in [4.78, 5) is 14.6. The van der Waals surface area contributed by atoms with E-state index in [0.29, 0.717) is 33.7 Å². The van der Waals surface area contributed by atoms with Crippen molar-refractivity contribution in [3.63, 3.8) is 0 Å². The maximum absolute atomic E-state index is 13.7. The Balaban J connectivity index is 1.79. The average molecular weight is 361 g/mol. The van der Waals surface area contributed by atoms with Gasteiger partial charge in [0.15, 0.2) is 0 Å². The minimum Gasteiger partial charge on any atom is -0.481 e.